The lowest BCUT2D eigenvalue weighted by atomic mass is 10.1. The van der Waals surface area contributed by atoms with Gasteiger partial charge in [-0.05, 0) is 40.2 Å². The Morgan fingerprint density at radius 2 is 2.00 bits per heavy atom. The predicted molar refractivity (Wildman–Crippen MR) is 91.3 cm³/mol. The second-order valence-corrected chi connectivity index (χ2v) is 5.60. The molecule has 1 aromatic heterocycles. The molecule has 0 radical (unpaired) electrons. The van der Waals surface area contributed by atoms with Gasteiger partial charge in [0, 0.05) is 0 Å². The van der Waals surface area contributed by atoms with Gasteiger partial charge in [-0.15, -0.1) is 0 Å². The van der Waals surface area contributed by atoms with Crippen LogP contribution in [0.5, 0.6) is 11.5 Å². The van der Waals surface area contributed by atoms with Crippen molar-refractivity contribution in [1.29, 1.82) is 0 Å². The van der Waals surface area contributed by atoms with Crippen LogP contribution in [0.25, 0.3) is 11.0 Å². The van der Waals surface area contributed by atoms with E-state index in [-0.39, 0.29) is 5.91 Å². The minimum absolute atomic E-state index is 0.346. The summed E-state index contributed by atoms with van der Waals surface area (Å²) in [5.41, 5.74) is 1.97. The van der Waals surface area contributed by atoms with E-state index in [2.05, 4.69) is 31.2 Å². The third-order valence-corrected chi connectivity index (χ3v) is 3.91. The van der Waals surface area contributed by atoms with Gasteiger partial charge in [-0.2, -0.15) is 0 Å². The molecule has 0 aliphatic carbocycles. The summed E-state index contributed by atoms with van der Waals surface area (Å²) < 4.78 is 11.1. The van der Waals surface area contributed by atoms with E-state index in [4.69, 9.17) is 9.47 Å². The molecular weight excluding hydrogens is 362 g/mol. The number of rotatable bonds is 4. The summed E-state index contributed by atoms with van der Waals surface area (Å²) in [7, 11) is 3.04. The van der Waals surface area contributed by atoms with Crippen LogP contribution in [0.15, 0.2) is 40.9 Å². The average Bonchev–Trinajstić information content (AvgIpc) is 2.96. The maximum atomic E-state index is 12.6. The molecule has 7 heteroatoms. The summed E-state index contributed by atoms with van der Waals surface area (Å²) in [6, 6.07) is 10.9. The minimum Gasteiger partial charge on any atom is -0.497 e. The van der Waals surface area contributed by atoms with Gasteiger partial charge in [-0.1, -0.05) is 12.1 Å². The number of carbonyl (C=O) groups excluding carboxylic acids is 1. The number of nitrogens with one attached hydrogen (secondary N) is 2. The number of imidazole rings is 1. The third kappa shape index (κ3) is 3.00. The molecule has 2 N–H and O–H groups in total. The molecular formula is C16H14BrN3O3. The molecule has 6 nitrogen and oxygen atoms in total. The predicted octanol–water partition coefficient (Wildman–Crippen LogP) is 3.59. The smallest absolute Gasteiger partial charge is 0.261 e. The van der Waals surface area contributed by atoms with Crippen molar-refractivity contribution in [3.05, 3.63) is 46.4 Å². The van der Waals surface area contributed by atoms with E-state index in [1.807, 2.05) is 24.3 Å². The normalized spacial score (nSPS) is 10.6. The highest BCUT2D eigenvalue weighted by Crippen LogP contribution is 2.34. The highest BCUT2D eigenvalue weighted by molar-refractivity contribution is 9.10. The van der Waals surface area contributed by atoms with Gasteiger partial charge in [-0.25, -0.2) is 4.98 Å². The van der Waals surface area contributed by atoms with E-state index in [1.54, 1.807) is 12.1 Å². The number of anilines is 1. The number of methoxy groups -OCH3 is 2. The molecule has 23 heavy (non-hydrogen) atoms. The molecule has 118 valence electrons. The van der Waals surface area contributed by atoms with Crippen molar-refractivity contribution in [3.8, 4) is 11.5 Å². The third-order valence-electron chi connectivity index (χ3n) is 3.32. The molecule has 3 rings (SSSR count). The Hall–Kier alpha value is -2.54. The molecule has 0 unspecified atom stereocenters. The van der Waals surface area contributed by atoms with Crippen molar-refractivity contribution in [2.75, 3.05) is 19.5 Å². The highest BCUT2D eigenvalue weighted by Gasteiger charge is 2.18. The monoisotopic (exact) mass is 375 g/mol. The zero-order valence-corrected chi connectivity index (χ0v) is 14.1. The summed E-state index contributed by atoms with van der Waals surface area (Å²) in [6.45, 7) is 0. The standard InChI is InChI=1S/C16H14BrN3O3/c1-22-9-7-10(14(23-2)11(17)8-9)15(21)20-16-18-12-5-3-4-6-13(12)19-16/h3-8H,1-2H3,(H2,18,19,20,21). The van der Waals surface area contributed by atoms with Crippen molar-refractivity contribution in [2.24, 2.45) is 0 Å². The summed E-state index contributed by atoms with van der Waals surface area (Å²) in [5.74, 6) is 1.00. The Kier molecular flexibility index (Phi) is 4.20. The first kappa shape index (κ1) is 15.4. The van der Waals surface area contributed by atoms with Gasteiger partial charge in [0.25, 0.3) is 5.91 Å². The molecule has 0 atom stereocenters. The summed E-state index contributed by atoms with van der Waals surface area (Å²) >= 11 is 3.37. The van der Waals surface area contributed by atoms with Gasteiger partial charge in [-0.3, -0.25) is 10.1 Å². The molecule has 0 fully saturated rings. The van der Waals surface area contributed by atoms with Gasteiger partial charge in [0.05, 0.1) is 35.3 Å². The summed E-state index contributed by atoms with van der Waals surface area (Å²) in [6.07, 6.45) is 0. The second-order valence-electron chi connectivity index (χ2n) is 4.75. The molecule has 1 heterocycles. The number of hydrogen-bond acceptors (Lipinski definition) is 4. The Balaban J connectivity index is 1.95. The van der Waals surface area contributed by atoms with Crippen LogP contribution in [0.3, 0.4) is 0 Å². The SMILES string of the molecule is COc1cc(Br)c(OC)c(C(=O)Nc2nc3ccccc3[nH]2)c1. The van der Waals surface area contributed by atoms with Crippen molar-refractivity contribution < 1.29 is 14.3 Å². The van der Waals surface area contributed by atoms with Gasteiger partial charge >= 0.3 is 0 Å². The number of benzene rings is 2. The number of carbonyl (C=O) groups is 1. The van der Waals surface area contributed by atoms with Crippen LogP contribution in [0.1, 0.15) is 10.4 Å². The first-order chi connectivity index (χ1) is 11.1. The quantitative estimate of drug-likeness (QED) is 0.730. The number of hydrogen-bond donors (Lipinski definition) is 2. The Morgan fingerprint density at radius 3 is 2.70 bits per heavy atom. The van der Waals surface area contributed by atoms with Crippen LogP contribution >= 0.6 is 15.9 Å². The lowest BCUT2D eigenvalue weighted by molar-refractivity contribution is 0.102. The first-order valence-electron chi connectivity index (χ1n) is 6.80. The first-order valence-corrected chi connectivity index (χ1v) is 7.59. The highest BCUT2D eigenvalue weighted by atomic mass is 79.9. The van der Waals surface area contributed by atoms with Gasteiger partial charge in [0.1, 0.15) is 11.5 Å². The molecule has 1 amide bonds. The van der Waals surface area contributed by atoms with E-state index in [0.29, 0.717) is 27.5 Å². The zero-order chi connectivity index (χ0) is 16.4. The van der Waals surface area contributed by atoms with Crippen molar-refractivity contribution in [3.63, 3.8) is 0 Å². The van der Waals surface area contributed by atoms with Gasteiger partial charge in [0.2, 0.25) is 5.95 Å². The van der Waals surface area contributed by atoms with Crippen molar-refractivity contribution in [2.45, 2.75) is 0 Å². The van der Waals surface area contributed by atoms with Crippen LogP contribution in [0.4, 0.5) is 5.95 Å². The molecule has 0 saturated heterocycles. The summed E-state index contributed by atoms with van der Waals surface area (Å²) in [5, 5.41) is 2.74. The van der Waals surface area contributed by atoms with Gasteiger partial charge in [0.15, 0.2) is 0 Å². The largest absolute Gasteiger partial charge is 0.497 e. The fraction of sp³-hybridized carbons (Fsp3) is 0.125. The molecule has 0 saturated carbocycles. The van der Waals surface area contributed by atoms with Crippen LogP contribution in [0, 0.1) is 0 Å². The Bertz CT molecular complexity index is 843. The molecule has 0 aliphatic rings. The maximum absolute atomic E-state index is 12.6. The zero-order valence-electron chi connectivity index (χ0n) is 12.5. The van der Waals surface area contributed by atoms with Crippen LogP contribution in [-0.4, -0.2) is 30.1 Å². The van der Waals surface area contributed by atoms with E-state index < -0.39 is 0 Å². The number of nitrogens with zero attached hydrogens (tertiary/aromatic N) is 1. The molecule has 3 aromatic rings. The summed E-state index contributed by atoms with van der Waals surface area (Å²) in [4.78, 5) is 19.9. The lowest BCUT2D eigenvalue weighted by Crippen LogP contribution is -2.14. The number of amides is 1. The average molecular weight is 376 g/mol. The number of aromatic amines is 1. The minimum atomic E-state index is -0.347. The van der Waals surface area contributed by atoms with E-state index in [0.717, 1.165) is 11.0 Å². The fourth-order valence-corrected chi connectivity index (χ4v) is 2.85. The van der Waals surface area contributed by atoms with Crippen LogP contribution in [-0.2, 0) is 0 Å². The number of para-hydroxylation sites is 2. The van der Waals surface area contributed by atoms with Gasteiger partial charge < -0.3 is 14.5 Å². The van der Waals surface area contributed by atoms with Crippen molar-refractivity contribution in [1.82, 2.24) is 9.97 Å². The number of ether oxygens (including phenoxy) is 2. The van der Waals surface area contributed by atoms with E-state index in [1.165, 1.54) is 14.2 Å². The second kappa shape index (κ2) is 6.29. The van der Waals surface area contributed by atoms with Crippen LogP contribution < -0.4 is 14.8 Å². The number of fused-ring (bicyclic) bond motifs is 1. The maximum Gasteiger partial charge on any atom is 0.261 e. The Labute approximate surface area is 140 Å². The topological polar surface area (TPSA) is 76.2 Å². The molecule has 0 bridgehead atoms. The molecule has 0 spiro atoms. The van der Waals surface area contributed by atoms with Crippen LogP contribution in [0.2, 0.25) is 0 Å². The lowest BCUT2D eigenvalue weighted by Gasteiger charge is -2.12. The number of halogens is 1. The van der Waals surface area contributed by atoms with E-state index in [9.17, 15) is 4.79 Å². The number of H-pyrrole nitrogens is 1. The van der Waals surface area contributed by atoms with Crippen molar-refractivity contribution >= 4 is 38.8 Å². The number of aromatic nitrogens is 2. The fourth-order valence-electron chi connectivity index (χ4n) is 2.25. The molecule has 0 aliphatic heterocycles. The molecule has 2 aromatic carbocycles. The van der Waals surface area contributed by atoms with E-state index >= 15 is 0 Å². The Morgan fingerprint density at radius 1 is 1.22 bits per heavy atom.